The molecule has 0 radical (unpaired) electrons. The molecule has 2 N–H and O–H groups in total. The van der Waals surface area contributed by atoms with Crippen molar-refractivity contribution in [2.24, 2.45) is 0 Å². The van der Waals surface area contributed by atoms with E-state index in [1.807, 2.05) is 13.8 Å². The van der Waals surface area contributed by atoms with Gasteiger partial charge < -0.3 is 10.6 Å². The predicted molar refractivity (Wildman–Crippen MR) is 65.1 cm³/mol. The fourth-order valence-corrected chi connectivity index (χ4v) is 1.31. The Morgan fingerprint density at radius 3 is 2.68 bits per heavy atom. The minimum absolute atomic E-state index is 0.0608. The van der Waals surface area contributed by atoms with E-state index >= 15 is 0 Å². The standard InChI is InChI=1S/C12H16F3N3O/c1-3-7(2)17-10(19)4-5-16-12-9(14)6-8(13)11(15)18-12/h6-7H,3-5H2,1-2H3,(H,16,18)(H,17,19). The first-order chi connectivity index (χ1) is 8.93. The van der Waals surface area contributed by atoms with Gasteiger partial charge in [0.1, 0.15) is 0 Å². The molecule has 1 atom stereocenters. The van der Waals surface area contributed by atoms with Crippen LogP contribution in [0.4, 0.5) is 19.0 Å². The van der Waals surface area contributed by atoms with Crippen LogP contribution >= 0.6 is 0 Å². The van der Waals surface area contributed by atoms with E-state index in [4.69, 9.17) is 0 Å². The highest BCUT2D eigenvalue weighted by molar-refractivity contribution is 5.76. The van der Waals surface area contributed by atoms with Gasteiger partial charge in [-0.2, -0.15) is 9.37 Å². The van der Waals surface area contributed by atoms with Crippen molar-refractivity contribution in [3.63, 3.8) is 0 Å². The third-order valence-electron chi connectivity index (χ3n) is 2.55. The molecule has 1 aromatic rings. The lowest BCUT2D eigenvalue weighted by Gasteiger charge is -2.11. The molecule has 0 saturated heterocycles. The van der Waals surface area contributed by atoms with E-state index in [9.17, 15) is 18.0 Å². The Labute approximate surface area is 109 Å². The van der Waals surface area contributed by atoms with Crippen LogP contribution in [0.15, 0.2) is 6.07 Å². The number of nitrogens with one attached hydrogen (secondary N) is 2. The highest BCUT2D eigenvalue weighted by atomic mass is 19.2. The lowest BCUT2D eigenvalue weighted by atomic mass is 10.2. The van der Waals surface area contributed by atoms with Crippen molar-refractivity contribution in [2.45, 2.75) is 32.7 Å². The van der Waals surface area contributed by atoms with Crippen LogP contribution in [0.25, 0.3) is 0 Å². The molecule has 0 aliphatic rings. The molecule has 1 rings (SSSR count). The van der Waals surface area contributed by atoms with Crippen LogP contribution < -0.4 is 10.6 Å². The number of rotatable bonds is 6. The molecule has 1 heterocycles. The average Bonchev–Trinajstić information content (AvgIpc) is 2.35. The predicted octanol–water partition coefficient (Wildman–Crippen LogP) is 2.22. The Morgan fingerprint density at radius 1 is 1.37 bits per heavy atom. The summed E-state index contributed by atoms with van der Waals surface area (Å²) < 4.78 is 38.6. The molecule has 0 aliphatic carbocycles. The Bertz CT molecular complexity index is 454. The first kappa shape index (κ1) is 15.3. The molecule has 1 amide bonds. The fourth-order valence-electron chi connectivity index (χ4n) is 1.31. The molecular weight excluding hydrogens is 259 g/mol. The number of hydrogen-bond donors (Lipinski definition) is 2. The van der Waals surface area contributed by atoms with Crippen LogP contribution in [0.1, 0.15) is 26.7 Å². The zero-order valence-electron chi connectivity index (χ0n) is 10.8. The van der Waals surface area contributed by atoms with E-state index in [2.05, 4.69) is 15.6 Å². The van der Waals surface area contributed by atoms with E-state index in [1.165, 1.54) is 0 Å². The summed E-state index contributed by atoms with van der Waals surface area (Å²) in [7, 11) is 0. The monoisotopic (exact) mass is 275 g/mol. The van der Waals surface area contributed by atoms with Gasteiger partial charge in [-0.3, -0.25) is 4.79 Å². The van der Waals surface area contributed by atoms with E-state index < -0.39 is 23.4 Å². The maximum Gasteiger partial charge on any atom is 0.251 e. The van der Waals surface area contributed by atoms with Crippen LogP contribution in [0, 0.1) is 17.6 Å². The summed E-state index contributed by atoms with van der Waals surface area (Å²) in [5, 5.41) is 5.17. The molecule has 106 valence electrons. The van der Waals surface area contributed by atoms with Crippen molar-refractivity contribution >= 4 is 11.7 Å². The molecule has 0 saturated carbocycles. The van der Waals surface area contributed by atoms with Crippen molar-refractivity contribution in [2.75, 3.05) is 11.9 Å². The second-order valence-corrected chi connectivity index (χ2v) is 4.15. The van der Waals surface area contributed by atoms with Gasteiger partial charge in [-0.25, -0.2) is 8.78 Å². The number of anilines is 1. The number of nitrogens with zero attached hydrogens (tertiary/aromatic N) is 1. The van der Waals surface area contributed by atoms with Crippen LogP contribution in [0.5, 0.6) is 0 Å². The Hall–Kier alpha value is -1.79. The summed E-state index contributed by atoms with van der Waals surface area (Å²) >= 11 is 0. The molecular formula is C12H16F3N3O. The van der Waals surface area contributed by atoms with Crippen LogP contribution in [0.2, 0.25) is 0 Å². The smallest absolute Gasteiger partial charge is 0.251 e. The lowest BCUT2D eigenvalue weighted by molar-refractivity contribution is -0.121. The van der Waals surface area contributed by atoms with Gasteiger partial charge in [0.2, 0.25) is 5.91 Å². The summed E-state index contributed by atoms with van der Waals surface area (Å²) in [6, 6.07) is 0.467. The second-order valence-electron chi connectivity index (χ2n) is 4.15. The van der Waals surface area contributed by atoms with Crippen molar-refractivity contribution in [1.82, 2.24) is 10.3 Å². The Balaban J connectivity index is 2.45. The summed E-state index contributed by atoms with van der Waals surface area (Å²) in [4.78, 5) is 14.5. The molecule has 0 spiro atoms. The van der Waals surface area contributed by atoms with Gasteiger partial charge in [0, 0.05) is 25.1 Å². The summed E-state index contributed by atoms with van der Waals surface area (Å²) in [6.07, 6.45) is 0.892. The van der Waals surface area contributed by atoms with Crippen molar-refractivity contribution in [3.8, 4) is 0 Å². The third kappa shape index (κ3) is 4.76. The highest BCUT2D eigenvalue weighted by Gasteiger charge is 2.12. The number of amides is 1. The molecule has 19 heavy (non-hydrogen) atoms. The van der Waals surface area contributed by atoms with Crippen molar-refractivity contribution in [1.29, 1.82) is 0 Å². The second kappa shape index (κ2) is 6.96. The van der Waals surface area contributed by atoms with Gasteiger partial charge in [0.25, 0.3) is 5.95 Å². The summed E-state index contributed by atoms with van der Waals surface area (Å²) in [5.74, 6) is -4.34. The number of carbonyl (C=O) groups excluding carboxylic acids is 1. The molecule has 0 fully saturated rings. The number of hydrogen-bond acceptors (Lipinski definition) is 3. The van der Waals surface area contributed by atoms with Crippen LogP contribution in [0.3, 0.4) is 0 Å². The number of carbonyl (C=O) groups is 1. The largest absolute Gasteiger partial charge is 0.367 e. The highest BCUT2D eigenvalue weighted by Crippen LogP contribution is 2.13. The molecule has 4 nitrogen and oxygen atoms in total. The van der Waals surface area contributed by atoms with E-state index in [0.717, 1.165) is 6.42 Å². The first-order valence-electron chi connectivity index (χ1n) is 5.98. The molecule has 7 heteroatoms. The van der Waals surface area contributed by atoms with Gasteiger partial charge >= 0.3 is 0 Å². The Morgan fingerprint density at radius 2 is 2.05 bits per heavy atom. The van der Waals surface area contributed by atoms with Gasteiger partial charge in [-0.05, 0) is 13.3 Å². The molecule has 1 unspecified atom stereocenters. The minimum Gasteiger partial charge on any atom is -0.367 e. The lowest BCUT2D eigenvalue weighted by Crippen LogP contribution is -2.33. The van der Waals surface area contributed by atoms with E-state index in [0.29, 0.717) is 6.07 Å². The van der Waals surface area contributed by atoms with Gasteiger partial charge in [0.15, 0.2) is 17.5 Å². The summed E-state index contributed by atoms with van der Waals surface area (Å²) in [5.41, 5.74) is 0. The average molecular weight is 275 g/mol. The fraction of sp³-hybridized carbons (Fsp3) is 0.500. The molecule has 0 aromatic carbocycles. The third-order valence-corrected chi connectivity index (χ3v) is 2.55. The molecule has 0 aliphatic heterocycles. The van der Waals surface area contributed by atoms with Gasteiger partial charge in [0.05, 0.1) is 0 Å². The molecule has 1 aromatic heterocycles. The van der Waals surface area contributed by atoms with Gasteiger partial charge in [-0.1, -0.05) is 6.92 Å². The van der Waals surface area contributed by atoms with Crippen molar-refractivity contribution in [3.05, 3.63) is 23.6 Å². The van der Waals surface area contributed by atoms with Gasteiger partial charge in [-0.15, -0.1) is 0 Å². The number of aromatic nitrogens is 1. The maximum absolute atomic E-state index is 13.2. The SMILES string of the molecule is CCC(C)NC(=O)CCNc1nc(F)c(F)cc1F. The quantitative estimate of drug-likeness (QED) is 0.783. The van der Waals surface area contributed by atoms with Crippen LogP contribution in [-0.4, -0.2) is 23.5 Å². The normalized spacial score (nSPS) is 12.1. The zero-order valence-corrected chi connectivity index (χ0v) is 10.8. The maximum atomic E-state index is 13.2. The van der Waals surface area contributed by atoms with E-state index in [-0.39, 0.29) is 24.9 Å². The number of pyridine rings is 1. The Kier molecular flexibility index (Phi) is 5.59. The number of halogens is 3. The van der Waals surface area contributed by atoms with Crippen molar-refractivity contribution < 1.29 is 18.0 Å². The first-order valence-corrected chi connectivity index (χ1v) is 5.98. The summed E-state index contributed by atoms with van der Waals surface area (Å²) in [6.45, 7) is 3.88. The molecule has 0 bridgehead atoms. The zero-order chi connectivity index (χ0) is 14.4. The minimum atomic E-state index is -1.38. The van der Waals surface area contributed by atoms with Crippen LogP contribution in [-0.2, 0) is 4.79 Å². The topological polar surface area (TPSA) is 54.0 Å². The van der Waals surface area contributed by atoms with E-state index in [1.54, 1.807) is 0 Å².